The van der Waals surface area contributed by atoms with Crippen LogP contribution < -0.4 is 5.32 Å². The Hall–Kier alpha value is -1.39. The van der Waals surface area contributed by atoms with Gasteiger partial charge in [-0.25, -0.2) is 0 Å². The first-order chi connectivity index (χ1) is 9.56. The summed E-state index contributed by atoms with van der Waals surface area (Å²) in [6.45, 7) is 7.18. The third-order valence-electron chi connectivity index (χ3n) is 3.01. The van der Waals surface area contributed by atoms with Crippen LogP contribution in [-0.2, 0) is 6.42 Å². The molecule has 0 aliphatic carbocycles. The molecular formula is C15H20ClN3O. The van der Waals surface area contributed by atoms with Gasteiger partial charge in [0.15, 0.2) is 0 Å². The predicted molar refractivity (Wildman–Crippen MR) is 80.9 cm³/mol. The van der Waals surface area contributed by atoms with E-state index in [-0.39, 0.29) is 0 Å². The van der Waals surface area contributed by atoms with Gasteiger partial charge in [0.05, 0.1) is 0 Å². The summed E-state index contributed by atoms with van der Waals surface area (Å²) in [6, 6.07) is 6.25. The van der Waals surface area contributed by atoms with Crippen LogP contribution in [0.3, 0.4) is 0 Å². The van der Waals surface area contributed by atoms with Gasteiger partial charge in [0.25, 0.3) is 0 Å². The molecule has 1 aromatic heterocycles. The van der Waals surface area contributed by atoms with E-state index in [1.165, 1.54) is 0 Å². The Labute approximate surface area is 124 Å². The monoisotopic (exact) mass is 293 g/mol. The molecule has 1 aromatic carbocycles. The Morgan fingerprint density at radius 2 is 2.10 bits per heavy atom. The molecule has 0 spiro atoms. The molecular weight excluding hydrogens is 274 g/mol. The van der Waals surface area contributed by atoms with Gasteiger partial charge in [-0.3, -0.25) is 0 Å². The first-order valence-corrected chi connectivity index (χ1v) is 7.26. The fourth-order valence-electron chi connectivity index (χ4n) is 1.83. The minimum Gasteiger partial charge on any atom is -0.421 e. The molecule has 2 rings (SSSR count). The fourth-order valence-corrected chi connectivity index (χ4v) is 2.01. The van der Waals surface area contributed by atoms with Crippen molar-refractivity contribution in [1.29, 1.82) is 0 Å². The van der Waals surface area contributed by atoms with Gasteiger partial charge >= 0.3 is 0 Å². The number of aryl methyl sites for hydroxylation is 2. The van der Waals surface area contributed by atoms with Gasteiger partial charge < -0.3 is 9.73 Å². The first-order valence-electron chi connectivity index (χ1n) is 6.88. The van der Waals surface area contributed by atoms with Gasteiger partial charge in [0.1, 0.15) is 0 Å². The Balaban J connectivity index is 1.96. The minimum atomic E-state index is 0.503. The normalized spacial score (nSPS) is 11.2. The molecule has 0 radical (unpaired) electrons. The molecule has 0 bridgehead atoms. The zero-order chi connectivity index (χ0) is 14.5. The fraction of sp³-hybridized carbons (Fsp3) is 0.467. The molecule has 108 valence electrons. The molecule has 0 saturated heterocycles. The lowest BCUT2D eigenvalue weighted by Crippen LogP contribution is -2.23. The number of aromatic nitrogens is 2. The van der Waals surface area contributed by atoms with Crippen LogP contribution in [0.25, 0.3) is 11.5 Å². The zero-order valence-corrected chi connectivity index (χ0v) is 12.9. The molecule has 5 heteroatoms. The summed E-state index contributed by atoms with van der Waals surface area (Å²) in [7, 11) is 0. The minimum absolute atomic E-state index is 0.503. The van der Waals surface area contributed by atoms with Crippen molar-refractivity contribution in [3.05, 3.63) is 34.7 Å². The second-order valence-corrected chi connectivity index (χ2v) is 5.58. The first kappa shape index (κ1) is 15.0. The zero-order valence-electron chi connectivity index (χ0n) is 12.1. The van der Waals surface area contributed by atoms with Crippen LogP contribution in [0.15, 0.2) is 22.6 Å². The third-order valence-corrected chi connectivity index (χ3v) is 3.41. The maximum Gasteiger partial charge on any atom is 0.247 e. The molecule has 0 aliphatic rings. The van der Waals surface area contributed by atoms with Crippen molar-refractivity contribution in [3.63, 3.8) is 0 Å². The van der Waals surface area contributed by atoms with Crippen molar-refractivity contribution in [3.8, 4) is 11.5 Å². The maximum atomic E-state index is 6.10. The van der Waals surface area contributed by atoms with Crippen LogP contribution in [0.5, 0.6) is 0 Å². The summed E-state index contributed by atoms with van der Waals surface area (Å²) in [5.74, 6) is 1.20. The number of nitrogens with one attached hydrogen (secondary N) is 1. The molecule has 0 fully saturated rings. The largest absolute Gasteiger partial charge is 0.421 e. The van der Waals surface area contributed by atoms with Gasteiger partial charge in [0.2, 0.25) is 11.8 Å². The van der Waals surface area contributed by atoms with Crippen molar-refractivity contribution in [1.82, 2.24) is 15.5 Å². The molecule has 1 heterocycles. The molecule has 0 unspecified atom stereocenters. The van der Waals surface area contributed by atoms with Crippen molar-refractivity contribution in [2.24, 2.45) is 0 Å². The van der Waals surface area contributed by atoms with Gasteiger partial charge in [-0.15, -0.1) is 10.2 Å². The molecule has 0 amide bonds. The van der Waals surface area contributed by atoms with Crippen molar-refractivity contribution in [2.75, 3.05) is 6.54 Å². The van der Waals surface area contributed by atoms with E-state index in [1.807, 2.05) is 25.1 Å². The Bertz CT molecular complexity index is 566. The van der Waals surface area contributed by atoms with Crippen LogP contribution in [0.2, 0.25) is 5.02 Å². The Morgan fingerprint density at radius 3 is 2.80 bits per heavy atom. The smallest absolute Gasteiger partial charge is 0.247 e. The summed E-state index contributed by atoms with van der Waals surface area (Å²) in [4.78, 5) is 0. The quantitative estimate of drug-likeness (QED) is 0.826. The van der Waals surface area contributed by atoms with Crippen molar-refractivity contribution >= 4 is 11.6 Å². The van der Waals surface area contributed by atoms with E-state index in [2.05, 4.69) is 29.4 Å². The highest BCUT2D eigenvalue weighted by Gasteiger charge is 2.09. The van der Waals surface area contributed by atoms with E-state index in [0.717, 1.165) is 30.5 Å². The van der Waals surface area contributed by atoms with Gasteiger partial charge in [-0.2, -0.15) is 0 Å². The number of hydrogen-bond acceptors (Lipinski definition) is 4. The molecule has 4 nitrogen and oxygen atoms in total. The predicted octanol–water partition coefficient (Wildman–Crippen LogP) is 3.63. The lowest BCUT2D eigenvalue weighted by molar-refractivity contribution is 0.484. The molecule has 20 heavy (non-hydrogen) atoms. The number of halogens is 1. The number of rotatable bonds is 6. The maximum absolute atomic E-state index is 6.10. The second kappa shape index (κ2) is 6.86. The molecule has 2 aromatic rings. The van der Waals surface area contributed by atoms with Crippen LogP contribution in [0.1, 0.15) is 31.7 Å². The summed E-state index contributed by atoms with van der Waals surface area (Å²) in [5.41, 5.74) is 1.90. The highest BCUT2D eigenvalue weighted by Crippen LogP contribution is 2.24. The summed E-state index contributed by atoms with van der Waals surface area (Å²) in [5, 5.41) is 12.2. The molecule has 0 saturated carbocycles. The van der Waals surface area contributed by atoms with Gasteiger partial charge in [-0.1, -0.05) is 31.5 Å². The molecule has 0 aliphatic heterocycles. The van der Waals surface area contributed by atoms with E-state index in [4.69, 9.17) is 16.0 Å². The summed E-state index contributed by atoms with van der Waals surface area (Å²) in [6.07, 6.45) is 1.76. The number of nitrogens with zero attached hydrogens (tertiary/aromatic N) is 2. The number of benzene rings is 1. The third kappa shape index (κ3) is 4.05. The second-order valence-electron chi connectivity index (χ2n) is 5.18. The van der Waals surface area contributed by atoms with Crippen LogP contribution >= 0.6 is 11.6 Å². The highest BCUT2D eigenvalue weighted by atomic mass is 35.5. The van der Waals surface area contributed by atoms with E-state index in [1.54, 1.807) is 0 Å². The lowest BCUT2D eigenvalue weighted by atomic mass is 10.1. The van der Waals surface area contributed by atoms with E-state index in [0.29, 0.717) is 22.8 Å². The standard InChI is InChI=1S/C15H20ClN3O/c1-10(2)17-8-4-5-14-18-19-15(20-14)12-7-6-11(3)13(16)9-12/h6-7,9-10,17H,4-5,8H2,1-3H3. The Kier molecular flexibility index (Phi) is 5.15. The van der Waals surface area contributed by atoms with Crippen LogP contribution in [-0.4, -0.2) is 22.8 Å². The molecule has 1 N–H and O–H groups in total. The summed E-state index contributed by atoms with van der Waals surface area (Å²) < 4.78 is 5.66. The topological polar surface area (TPSA) is 51.0 Å². The lowest BCUT2D eigenvalue weighted by Gasteiger charge is -2.05. The van der Waals surface area contributed by atoms with Crippen LogP contribution in [0, 0.1) is 6.92 Å². The van der Waals surface area contributed by atoms with Crippen molar-refractivity contribution in [2.45, 2.75) is 39.7 Å². The van der Waals surface area contributed by atoms with Crippen LogP contribution in [0.4, 0.5) is 0 Å². The van der Waals surface area contributed by atoms with E-state index >= 15 is 0 Å². The number of hydrogen-bond donors (Lipinski definition) is 1. The molecule has 0 atom stereocenters. The Morgan fingerprint density at radius 1 is 1.30 bits per heavy atom. The highest BCUT2D eigenvalue weighted by molar-refractivity contribution is 6.31. The van der Waals surface area contributed by atoms with E-state index < -0.39 is 0 Å². The van der Waals surface area contributed by atoms with Gasteiger partial charge in [-0.05, 0) is 37.6 Å². The SMILES string of the molecule is Cc1ccc(-c2nnc(CCCNC(C)C)o2)cc1Cl. The summed E-state index contributed by atoms with van der Waals surface area (Å²) >= 11 is 6.10. The van der Waals surface area contributed by atoms with Gasteiger partial charge in [0, 0.05) is 23.0 Å². The average molecular weight is 294 g/mol. The van der Waals surface area contributed by atoms with Crippen molar-refractivity contribution < 1.29 is 4.42 Å². The average Bonchev–Trinajstić information content (AvgIpc) is 2.86. The van der Waals surface area contributed by atoms with E-state index in [9.17, 15) is 0 Å².